The number of fused-ring (bicyclic) bond motifs is 2. The first-order valence-corrected chi connectivity index (χ1v) is 7.28. The minimum Gasteiger partial charge on any atom is -0.389 e. The summed E-state index contributed by atoms with van der Waals surface area (Å²) in [6.07, 6.45) is 3.16. The molecule has 0 amide bonds. The van der Waals surface area contributed by atoms with Crippen molar-refractivity contribution >= 4 is 28.2 Å². The molecule has 1 aromatic carbocycles. The van der Waals surface area contributed by atoms with E-state index in [-0.39, 0.29) is 0 Å². The van der Waals surface area contributed by atoms with Crippen LogP contribution in [0.25, 0.3) is 16.9 Å². The molecule has 2 aromatic heterocycles. The van der Waals surface area contributed by atoms with E-state index < -0.39 is 0 Å². The first kappa shape index (κ1) is 12.4. The van der Waals surface area contributed by atoms with Gasteiger partial charge >= 0.3 is 0 Å². The van der Waals surface area contributed by atoms with Gasteiger partial charge in [0.05, 0.1) is 11.1 Å². The maximum Gasteiger partial charge on any atom is 0.166 e. The van der Waals surface area contributed by atoms with E-state index in [1.807, 2.05) is 24.3 Å². The van der Waals surface area contributed by atoms with Gasteiger partial charge in [-0.1, -0.05) is 29.6 Å². The van der Waals surface area contributed by atoms with Crippen molar-refractivity contribution in [3.8, 4) is 5.82 Å². The van der Waals surface area contributed by atoms with Crippen molar-refractivity contribution in [1.82, 2.24) is 20.0 Å². The second kappa shape index (κ2) is 4.60. The monoisotopic (exact) mass is 295 g/mol. The van der Waals surface area contributed by atoms with Gasteiger partial charge in [0.25, 0.3) is 0 Å². The van der Waals surface area contributed by atoms with Crippen LogP contribution in [0.4, 0.5) is 0 Å². The standard InChI is InChI=1S/C15H13N5S/c16-14(21)10-8-9-4-3-6-11(9)17-15(10)20-13-7-2-1-5-12(13)18-19-20/h1-2,5,7-8H,3-4,6H2,(H2,16,21). The predicted octanol–water partition coefficient (Wildman–Crippen LogP) is 1.94. The van der Waals surface area contributed by atoms with E-state index in [1.54, 1.807) is 4.68 Å². The molecule has 0 bridgehead atoms. The van der Waals surface area contributed by atoms with Crippen LogP contribution in [0.15, 0.2) is 30.3 Å². The SMILES string of the molecule is NC(=S)c1cc2c(nc1-n1nnc3ccccc31)CCC2. The fourth-order valence-electron chi connectivity index (χ4n) is 2.83. The summed E-state index contributed by atoms with van der Waals surface area (Å²) in [7, 11) is 0. The van der Waals surface area contributed by atoms with Gasteiger partial charge in [-0.2, -0.15) is 4.68 Å². The molecule has 1 aliphatic carbocycles. The first-order chi connectivity index (χ1) is 10.2. The highest BCUT2D eigenvalue weighted by Gasteiger charge is 2.20. The molecule has 0 saturated heterocycles. The fourth-order valence-corrected chi connectivity index (χ4v) is 2.98. The molecule has 104 valence electrons. The molecule has 0 radical (unpaired) electrons. The average molecular weight is 295 g/mol. The summed E-state index contributed by atoms with van der Waals surface area (Å²) in [4.78, 5) is 5.10. The number of nitrogens with zero attached hydrogens (tertiary/aromatic N) is 4. The number of para-hydroxylation sites is 1. The van der Waals surface area contributed by atoms with Gasteiger partial charge in [-0.3, -0.25) is 0 Å². The number of hydrogen-bond acceptors (Lipinski definition) is 4. The fraction of sp³-hybridized carbons (Fsp3) is 0.200. The first-order valence-electron chi connectivity index (χ1n) is 6.87. The quantitative estimate of drug-likeness (QED) is 0.732. The summed E-state index contributed by atoms with van der Waals surface area (Å²) >= 11 is 5.19. The second-order valence-corrected chi connectivity index (χ2v) is 5.61. The highest BCUT2D eigenvalue weighted by molar-refractivity contribution is 7.80. The maximum atomic E-state index is 5.89. The normalized spacial score (nSPS) is 13.5. The Morgan fingerprint density at radius 2 is 2.10 bits per heavy atom. The number of nitrogens with two attached hydrogens (primary N) is 1. The molecule has 4 rings (SSSR count). The van der Waals surface area contributed by atoms with Crippen molar-refractivity contribution in [3.05, 3.63) is 47.2 Å². The Morgan fingerprint density at radius 3 is 2.95 bits per heavy atom. The number of pyridine rings is 1. The Balaban J connectivity index is 2.01. The van der Waals surface area contributed by atoms with Crippen LogP contribution in [0.1, 0.15) is 23.2 Å². The van der Waals surface area contributed by atoms with E-state index in [0.29, 0.717) is 10.8 Å². The number of benzene rings is 1. The van der Waals surface area contributed by atoms with Gasteiger partial charge in [0.1, 0.15) is 10.5 Å². The molecule has 0 unspecified atom stereocenters. The zero-order valence-electron chi connectivity index (χ0n) is 11.3. The molecule has 0 spiro atoms. The highest BCUT2D eigenvalue weighted by atomic mass is 32.1. The summed E-state index contributed by atoms with van der Waals surface area (Å²) in [5.41, 5.74) is 10.7. The van der Waals surface area contributed by atoms with Crippen molar-refractivity contribution in [3.63, 3.8) is 0 Å². The molecular weight excluding hydrogens is 282 g/mol. The van der Waals surface area contributed by atoms with Crippen molar-refractivity contribution in [1.29, 1.82) is 0 Å². The molecule has 0 saturated carbocycles. The van der Waals surface area contributed by atoms with Crippen LogP contribution < -0.4 is 5.73 Å². The zero-order chi connectivity index (χ0) is 14.4. The van der Waals surface area contributed by atoms with E-state index in [4.69, 9.17) is 22.9 Å². The molecule has 0 atom stereocenters. The van der Waals surface area contributed by atoms with Crippen LogP contribution >= 0.6 is 12.2 Å². The molecule has 21 heavy (non-hydrogen) atoms. The van der Waals surface area contributed by atoms with Crippen LogP contribution in [-0.2, 0) is 12.8 Å². The molecule has 3 aromatic rings. The van der Waals surface area contributed by atoms with Gasteiger partial charge in [-0.25, -0.2) is 4.98 Å². The third-order valence-corrected chi connectivity index (χ3v) is 4.07. The van der Waals surface area contributed by atoms with Gasteiger partial charge in [0.2, 0.25) is 0 Å². The summed E-state index contributed by atoms with van der Waals surface area (Å²) in [6.45, 7) is 0. The molecule has 6 heteroatoms. The number of aromatic nitrogens is 4. The Kier molecular flexibility index (Phi) is 2.71. The molecule has 5 nitrogen and oxygen atoms in total. The molecular formula is C15H13N5S. The Labute approximate surface area is 126 Å². The number of rotatable bonds is 2. The van der Waals surface area contributed by atoms with Crippen LogP contribution in [0.3, 0.4) is 0 Å². The molecule has 2 heterocycles. The highest BCUT2D eigenvalue weighted by Crippen LogP contribution is 2.26. The summed E-state index contributed by atoms with van der Waals surface area (Å²) in [5.74, 6) is 0.678. The summed E-state index contributed by atoms with van der Waals surface area (Å²) in [6, 6.07) is 9.84. The smallest absolute Gasteiger partial charge is 0.166 e. The van der Waals surface area contributed by atoms with E-state index >= 15 is 0 Å². The van der Waals surface area contributed by atoms with Crippen LogP contribution in [-0.4, -0.2) is 25.0 Å². The number of aryl methyl sites for hydroxylation is 2. The number of hydrogen-bond donors (Lipinski definition) is 1. The van der Waals surface area contributed by atoms with Crippen molar-refractivity contribution in [2.24, 2.45) is 5.73 Å². The van der Waals surface area contributed by atoms with Crippen LogP contribution in [0.5, 0.6) is 0 Å². The van der Waals surface area contributed by atoms with E-state index in [0.717, 1.165) is 41.6 Å². The van der Waals surface area contributed by atoms with Gasteiger partial charge < -0.3 is 5.73 Å². The minimum absolute atomic E-state index is 0.340. The topological polar surface area (TPSA) is 69.6 Å². The Bertz CT molecular complexity index is 868. The maximum absolute atomic E-state index is 5.89. The lowest BCUT2D eigenvalue weighted by molar-refractivity contribution is 0.792. The molecule has 0 aliphatic heterocycles. The lowest BCUT2D eigenvalue weighted by Gasteiger charge is -2.10. The van der Waals surface area contributed by atoms with Crippen molar-refractivity contribution in [2.45, 2.75) is 19.3 Å². The van der Waals surface area contributed by atoms with Crippen molar-refractivity contribution < 1.29 is 0 Å². The Hall–Kier alpha value is -2.34. The lowest BCUT2D eigenvalue weighted by Crippen LogP contribution is -2.16. The third kappa shape index (κ3) is 1.91. The van der Waals surface area contributed by atoms with E-state index in [9.17, 15) is 0 Å². The summed E-state index contributed by atoms with van der Waals surface area (Å²) < 4.78 is 1.72. The second-order valence-electron chi connectivity index (χ2n) is 5.17. The Morgan fingerprint density at radius 1 is 1.24 bits per heavy atom. The molecule has 1 aliphatic rings. The van der Waals surface area contributed by atoms with Gasteiger partial charge in [-0.15, -0.1) is 5.10 Å². The van der Waals surface area contributed by atoms with Gasteiger partial charge in [0, 0.05) is 5.69 Å². The molecule has 0 fully saturated rings. The minimum atomic E-state index is 0.340. The average Bonchev–Trinajstić information content (AvgIpc) is 3.11. The lowest BCUT2D eigenvalue weighted by atomic mass is 10.1. The van der Waals surface area contributed by atoms with Crippen LogP contribution in [0.2, 0.25) is 0 Å². The van der Waals surface area contributed by atoms with Crippen LogP contribution in [0, 0.1) is 0 Å². The van der Waals surface area contributed by atoms with Gasteiger partial charge in [0.15, 0.2) is 5.82 Å². The van der Waals surface area contributed by atoms with E-state index in [2.05, 4.69) is 16.4 Å². The molecule has 2 N–H and O–H groups in total. The van der Waals surface area contributed by atoms with Crippen molar-refractivity contribution in [2.75, 3.05) is 0 Å². The largest absolute Gasteiger partial charge is 0.389 e. The summed E-state index contributed by atoms with van der Waals surface area (Å²) in [5, 5.41) is 8.40. The van der Waals surface area contributed by atoms with Gasteiger partial charge in [-0.05, 0) is 43.0 Å². The van der Waals surface area contributed by atoms with E-state index in [1.165, 1.54) is 5.56 Å². The third-order valence-electron chi connectivity index (χ3n) is 3.85. The number of thiocarbonyl (C=S) groups is 1. The predicted molar refractivity (Wildman–Crippen MR) is 84.6 cm³/mol. The zero-order valence-corrected chi connectivity index (χ0v) is 12.1.